The lowest BCUT2D eigenvalue weighted by Crippen LogP contribution is -2.25. The standard InChI is InChI=1S/C17H20N4O2S/c1-11(22)18-9-12-3-5-13(6-4-12)16(23)20-17-19-14-7-8-21(2)10-15(14)24-17/h3-6H,7-10H2,1-2H3,(H,18,22)(H,19,20,23). The van der Waals surface area contributed by atoms with Gasteiger partial charge >= 0.3 is 0 Å². The van der Waals surface area contributed by atoms with Crippen LogP contribution in [0.4, 0.5) is 5.13 Å². The number of hydrogen-bond acceptors (Lipinski definition) is 5. The van der Waals surface area contributed by atoms with Crippen LogP contribution in [0.1, 0.15) is 33.4 Å². The summed E-state index contributed by atoms with van der Waals surface area (Å²) >= 11 is 1.54. The molecule has 1 aliphatic heterocycles. The number of amides is 2. The van der Waals surface area contributed by atoms with Crippen molar-refractivity contribution < 1.29 is 9.59 Å². The van der Waals surface area contributed by atoms with Crippen molar-refractivity contribution in [2.75, 3.05) is 18.9 Å². The number of aromatic nitrogens is 1. The van der Waals surface area contributed by atoms with E-state index in [-0.39, 0.29) is 11.8 Å². The molecule has 0 radical (unpaired) electrons. The van der Waals surface area contributed by atoms with Gasteiger partial charge < -0.3 is 10.2 Å². The molecule has 0 bridgehead atoms. The van der Waals surface area contributed by atoms with Crippen LogP contribution in [0.3, 0.4) is 0 Å². The summed E-state index contributed by atoms with van der Waals surface area (Å²) in [6.07, 6.45) is 0.927. The van der Waals surface area contributed by atoms with Gasteiger partial charge in [-0.25, -0.2) is 4.98 Å². The van der Waals surface area contributed by atoms with E-state index in [1.165, 1.54) is 11.8 Å². The van der Waals surface area contributed by atoms with Gasteiger partial charge in [0.25, 0.3) is 5.91 Å². The maximum atomic E-state index is 12.3. The van der Waals surface area contributed by atoms with Gasteiger partial charge in [-0.3, -0.25) is 14.9 Å². The minimum atomic E-state index is -0.166. The zero-order valence-electron chi connectivity index (χ0n) is 13.8. The summed E-state index contributed by atoms with van der Waals surface area (Å²) in [5.41, 5.74) is 2.63. The molecule has 3 rings (SSSR count). The SMILES string of the molecule is CC(=O)NCc1ccc(C(=O)Nc2nc3c(s2)CN(C)CC3)cc1. The summed E-state index contributed by atoms with van der Waals surface area (Å²) in [5, 5.41) is 6.27. The molecule has 2 amide bonds. The highest BCUT2D eigenvalue weighted by molar-refractivity contribution is 7.15. The molecule has 1 aromatic carbocycles. The van der Waals surface area contributed by atoms with Gasteiger partial charge in [0, 0.05) is 43.4 Å². The van der Waals surface area contributed by atoms with Gasteiger partial charge in [-0.15, -0.1) is 11.3 Å². The normalized spacial score (nSPS) is 14.1. The third kappa shape index (κ3) is 3.98. The molecule has 24 heavy (non-hydrogen) atoms. The van der Waals surface area contributed by atoms with E-state index < -0.39 is 0 Å². The van der Waals surface area contributed by atoms with Crippen molar-refractivity contribution in [1.82, 2.24) is 15.2 Å². The summed E-state index contributed by atoms with van der Waals surface area (Å²) in [5.74, 6) is -0.240. The smallest absolute Gasteiger partial charge is 0.257 e. The summed E-state index contributed by atoms with van der Waals surface area (Å²) in [4.78, 5) is 31.3. The van der Waals surface area contributed by atoms with Crippen LogP contribution in [-0.4, -0.2) is 35.3 Å². The Kier molecular flexibility index (Phi) is 4.92. The molecule has 0 unspecified atom stereocenters. The third-order valence-corrected chi connectivity index (χ3v) is 4.90. The van der Waals surface area contributed by atoms with Crippen LogP contribution >= 0.6 is 11.3 Å². The Morgan fingerprint density at radius 2 is 2.04 bits per heavy atom. The van der Waals surface area contributed by atoms with Gasteiger partial charge in [0.05, 0.1) is 5.69 Å². The number of likely N-dealkylation sites (N-methyl/N-ethyl adjacent to an activating group) is 1. The molecule has 0 spiro atoms. The van der Waals surface area contributed by atoms with Crippen LogP contribution in [0.5, 0.6) is 0 Å². The van der Waals surface area contributed by atoms with Gasteiger partial charge in [-0.2, -0.15) is 0 Å². The van der Waals surface area contributed by atoms with Crippen molar-refractivity contribution in [2.45, 2.75) is 26.4 Å². The lowest BCUT2D eigenvalue weighted by atomic mass is 10.1. The van der Waals surface area contributed by atoms with Gasteiger partial charge in [0.15, 0.2) is 5.13 Å². The molecule has 0 fully saturated rings. The van der Waals surface area contributed by atoms with Gasteiger partial charge in [0.2, 0.25) is 5.91 Å². The Morgan fingerprint density at radius 1 is 1.29 bits per heavy atom. The zero-order chi connectivity index (χ0) is 17.1. The van der Waals surface area contributed by atoms with Crippen LogP contribution < -0.4 is 10.6 Å². The quantitative estimate of drug-likeness (QED) is 0.890. The summed E-state index contributed by atoms with van der Waals surface area (Å²) in [6, 6.07) is 7.20. The molecular formula is C17H20N4O2S. The number of carbonyl (C=O) groups excluding carboxylic acids is 2. The first-order chi connectivity index (χ1) is 11.5. The number of nitrogens with zero attached hydrogens (tertiary/aromatic N) is 2. The maximum absolute atomic E-state index is 12.3. The number of carbonyl (C=O) groups is 2. The minimum absolute atomic E-state index is 0.0739. The topological polar surface area (TPSA) is 74.3 Å². The molecule has 0 saturated heterocycles. The fraction of sp³-hybridized carbons (Fsp3) is 0.353. The fourth-order valence-corrected chi connectivity index (χ4v) is 3.63. The Balaban J connectivity index is 1.63. The number of fused-ring (bicyclic) bond motifs is 1. The first kappa shape index (κ1) is 16.6. The molecule has 2 heterocycles. The number of benzene rings is 1. The van der Waals surface area contributed by atoms with Crippen LogP contribution in [0.2, 0.25) is 0 Å². The highest BCUT2D eigenvalue weighted by atomic mass is 32.1. The molecule has 0 saturated carbocycles. The van der Waals surface area contributed by atoms with Crippen LogP contribution in [0.25, 0.3) is 0 Å². The molecule has 7 heteroatoms. The molecule has 0 aliphatic carbocycles. The number of thiazole rings is 1. The second kappa shape index (κ2) is 7.11. The minimum Gasteiger partial charge on any atom is -0.352 e. The van der Waals surface area contributed by atoms with Crippen molar-refractivity contribution >= 4 is 28.3 Å². The van der Waals surface area contributed by atoms with Crippen molar-refractivity contribution in [2.24, 2.45) is 0 Å². The summed E-state index contributed by atoms with van der Waals surface area (Å²) < 4.78 is 0. The van der Waals surface area contributed by atoms with Crippen LogP contribution in [0.15, 0.2) is 24.3 Å². The number of anilines is 1. The highest BCUT2D eigenvalue weighted by Crippen LogP contribution is 2.28. The Bertz CT molecular complexity index is 754. The predicted molar refractivity (Wildman–Crippen MR) is 94.1 cm³/mol. The van der Waals surface area contributed by atoms with Crippen molar-refractivity contribution in [3.63, 3.8) is 0 Å². The lowest BCUT2D eigenvalue weighted by Gasteiger charge is -2.20. The van der Waals surface area contributed by atoms with E-state index in [1.807, 2.05) is 12.1 Å². The van der Waals surface area contributed by atoms with Crippen molar-refractivity contribution in [1.29, 1.82) is 0 Å². The summed E-state index contributed by atoms with van der Waals surface area (Å²) in [6.45, 7) is 3.83. The lowest BCUT2D eigenvalue weighted by molar-refractivity contribution is -0.119. The Hall–Kier alpha value is -2.25. The summed E-state index contributed by atoms with van der Waals surface area (Å²) in [7, 11) is 2.09. The Morgan fingerprint density at radius 3 is 2.75 bits per heavy atom. The first-order valence-electron chi connectivity index (χ1n) is 7.83. The van der Waals surface area contributed by atoms with E-state index in [1.54, 1.807) is 23.5 Å². The van der Waals surface area contributed by atoms with E-state index in [0.717, 1.165) is 30.8 Å². The average molecular weight is 344 g/mol. The van der Waals surface area contributed by atoms with E-state index in [4.69, 9.17) is 0 Å². The van der Waals surface area contributed by atoms with Gasteiger partial charge in [-0.1, -0.05) is 12.1 Å². The van der Waals surface area contributed by atoms with Gasteiger partial charge in [0.1, 0.15) is 0 Å². The molecule has 1 aliphatic rings. The predicted octanol–water partition coefficient (Wildman–Crippen LogP) is 2.02. The molecule has 6 nitrogen and oxygen atoms in total. The number of hydrogen-bond donors (Lipinski definition) is 2. The van der Waals surface area contributed by atoms with Crippen molar-refractivity contribution in [3.05, 3.63) is 46.0 Å². The van der Waals surface area contributed by atoms with Gasteiger partial charge in [-0.05, 0) is 24.7 Å². The fourth-order valence-electron chi connectivity index (χ4n) is 2.55. The monoisotopic (exact) mass is 344 g/mol. The number of rotatable bonds is 4. The number of nitrogens with one attached hydrogen (secondary N) is 2. The molecule has 2 N–H and O–H groups in total. The molecular weight excluding hydrogens is 324 g/mol. The van der Waals surface area contributed by atoms with E-state index >= 15 is 0 Å². The van der Waals surface area contributed by atoms with Crippen LogP contribution in [0, 0.1) is 0 Å². The average Bonchev–Trinajstić information content (AvgIpc) is 2.94. The molecule has 0 atom stereocenters. The third-order valence-electron chi connectivity index (χ3n) is 3.90. The molecule has 126 valence electrons. The van der Waals surface area contributed by atoms with E-state index in [9.17, 15) is 9.59 Å². The van der Waals surface area contributed by atoms with E-state index in [2.05, 4.69) is 27.6 Å². The highest BCUT2D eigenvalue weighted by Gasteiger charge is 2.19. The largest absolute Gasteiger partial charge is 0.352 e. The second-order valence-electron chi connectivity index (χ2n) is 5.94. The Labute approximate surface area is 144 Å². The molecule has 1 aromatic heterocycles. The first-order valence-corrected chi connectivity index (χ1v) is 8.65. The van der Waals surface area contributed by atoms with Crippen LogP contribution in [-0.2, 0) is 24.3 Å². The van der Waals surface area contributed by atoms with Crippen molar-refractivity contribution in [3.8, 4) is 0 Å². The van der Waals surface area contributed by atoms with E-state index in [0.29, 0.717) is 17.2 Å². The molecule has 2 aromatic rings. The maximum Gasteiger partial charge on any atom is 0.257 e. The second-order valence-corrected chi connectivity index (χ2v) is 7.02. The zero-order valence-corrected chi connectivity index (χ0v) is 14.6.